The molecule has 5 nitrogen and oxygen atoms in total. The fourth-order valence-electron chi connectivity index (χ4n) is 1.85. The number of rotatable bonds is 6. The Bertz CT molecular complexity index is 526. The molecule has 1 amide bonds. The molecule has 0 bridgehead atoms. The molecule has 1 N–H and O–H groups in total. The van der Waals surface area contributed by atoms with Crippen molar-refractivity contribution in [1.29, 1.82) is 0 Å². The summed E-state index contributed by atoms with van der Waals surface area (Å²) in [5.41, 5.74) is 0.566. The number of hydrogen-bond acceptors (Lipinski definition) is 4. The van der Waals surface area contributed by atoms with Crippen LogP contribution in [0.5, 0.6) is 0 Å². The second kappa shape index (κ2) is 7.21. The number of amides is 1. The van der Waals surface area contributed by atoms with Crippen LogP contribution in [0.4, 0.5) is 0 Å². The maximum atomic E-state index is 12.7. The standard InChI is InChI=1S/C15H25NO4Si2/c1-21(2,3)16(11-14(18)20-22(4,5)12-17)15(19)13-9-7-6-8-10-13/h6-10,17H,11-12H2,1-5H3. The summed E-state index contributed by atoms with van der Waals surface area (Å²) in [4.78, 5) is 24.8. The van der Waals surface area contributed by atoms with Crippen molar-refractivity contribution in [3.8, 4) is 0 Å². The fraction of sp³-hybridized carbons (Fsp3) is 0.467. The predicted molar refractivity (Wildman–Crippen MR) is 91.5 cm³/mol. The van der Waals surface area contributed by atoms with Gasteiger partial charge in [-0.2, -0.15) is 0 Å². The summed E-state index contributed by atoms with van der Waals surface area (Å²) >= 11 is 0. The van der Waals surface area contributed by atoms with Gasteiger partial charge in [0.1, 0.15) is 6.54 Å². The van der Waals surface area contributed by atoms with Gasteiger partial charge in [0, 0.05) is 5.56 Å². The first kappa shape index (κ1) is 18.6. The Morgan fingerprint density at radius 1 is 1.09 bits per heavy atom. The average molecular weight is 340 g/mol. The molecule has 0 unspecified atom stereocenters. The Balaban J connectivity index is 2.92. The molecule has 0 aromatic heterocycles. The van der Waals surface area contributed by atoms with Crippen LogP contribution in [0.1, 0.15) is 10.4 Å². The molecule has 1 aromatic carbocycles. The topological polar surface area (TPSA) is 66.8 Å². The van der Waals surface area contributed by atoms with E-state index in [1.807, 2.05) is 25.7 Å². The van der Waals surface area contributed by atoms with Crippen molar-refractivity contribution in [2.45, 2.75) is 32.7 Å². The van der Waals surface area contributed by atoms with Crippen LogP contribution in [0.25, 0.3) is 0 Å². The maximum Gasteiger partial charge on any atom is 0.311 e. The molecule has 7 heteroatoms. The lowest BCUT2D eigenvalue weighted by Crippen LogP contribution is -2.53. The van der Waals surface area contributed by atoms with Gasteiger partial charge in [0.05, 0.1) is 6.23 Å². The van der Waals surface area contributed by atoms with Crippen molar-refractivity contribution in [2.75, 3.05) is 12.8 Å². The molecule has 0 aliphatic rings. The molecule has 0 saturated carbocycles. The molecule has 0 saturated heterocycles. The molecule has 1 rings (SSSR count). The number of carbonyl (C=O) groups is 2. The molecule has 0 aliphatic heterocycles. The van der Waals surface area contributed by atoms with Gasteiger partial charge in [-0.3, -0.25) is 9.59 Å². The van der Waals surface area contributed by atoms with Crippen molar-refractivity contribution in [2.24, 2.45) is 0 Å². The molecular weight excluding hydrogens is 314 g/mol. The van der Waals surface area contributed by atoms with Gasteiger partial charge in [-0.05, 0) is 25.2 Å². The number of aliphatic hydroxyl groups excluding tert-OH is 1. The Labute approximate surface area is 134 Å². The second-order valence-electron chi connectivity index (χ2n) is 6.82. The summed E-state index contributed by atoms with van der Waals surface area (Å²) in [6.07, 6.45) is -0.127. The SMILES string of the molecule is C[Si](C)(CO)OC(=O)CN(C(=O)c1ccccc1)[Si](C)(C)C. The molecule has 0 atom stereocenters. The monoisotopic (exact) mass is 339 g/mol. The lowest BCUT2D eigenvalue weighted by atomic mass is 10.2. The van der Waals surface area contributed by atoms with Gasteiger partial charge < -0.3 is 14.1 Å². The third-order valence-electron chi connectivity index (χ3n) is 3.13. The van der Waals surface area contributed by atoms with Crippen LogP contribution in [-0.2, 0) is 9.22 Å². The van der Waals surface area contributed by atoms with Crippen molar-refractivity contribution in [3.63, 3.8) is 0 Å². The van der Waals surface area contributed by atoms with Crippen LogP contribution < -0.4 is 0 Å². The van der Waals surface area contributed by atoms with E-state index in [-0.39, 0.29) is 18.7 Å². The summed E-state index contributed by atoms with van der Waals surface area (Å²) in [6, 6.07) is 8.94. The molecule has 0 heterocycles. The zero-order valence-corrected chi connectivity index (χ0v) is 15.9. The lowest BCUT2D eigenvalue weighted by Gasteiger charge is -2.34. The summed E-state index contributed by atoms with van der Waals surface area (Å²) in [6.45, 7) is 9.49. The van der Waals surface area contributed by atoms with Crippen LogP contribution in [0, 0.1) is 0 Å². The normalized spacial score (nSPS) is 11.9. The molecule has 1 aromatic rings. The number of hydrogen-bond donors (Lipinski definition) is 1. The molecule has 0 fully saturated rings. The average Bonchev–Trinajstić information content (AvgIpc) is 2.43. The van der Waals surface area contributed by atoms with Crippen LogP contribution >= 0.6 is 0 Å². The molecule has 0 radical (unpaired) electrons. The Hall–Kier alpha value is -1.45. The lowest BCUT2D eigenvalue weighted by molar-refractivity contribution is -0.135. The van der Waals surface area contributed by atoms with E-state index in [0.717, 1.165) is 0 Å². The van der Waals surface area contributed by atoms with E-state index in [1.165, 1.54) is 0 Å². The Kier molecular flexibility index (Phi) is 6.10. The zero-order chi connectivity index (χ0) is 17.0. The van der Waals surface area contributed by atoms with Crippen LogP contribution in [0.15, 0.2) is 30.3 Å². The molecular formula is C15H25NO4Si2. The minimum absolute atomic E-state index is 0.0696. The Morgan fingerprint density at radius 2 is 1.64 bits per heavy atom. The fourth-order valence-corrected chi connectivity index (χ4v) is 3.94. The van der Waals surface area contributed by atoms with Crippen molar-refractivity contribution in [1.82, 2.24) is 4.57 Å². The molecule has 122 valence electrons. The first-order chi connectivity index (χ1) is 10.1. The maximum absolute atomic E-state index is 12.7. The van der Waals surface area contributed by atoms with Crippen molar-refractivity contribution in [3.05, 3.63) is 35.9 Å². The second-order valence-corrected chi connectivity index (χ2v) is 15.7. The Morgan fingerprint density at radius 3 is 2.09 bits per heavy atom. The van der Waals surface area contributed by atoms with E-state index < -0.39 is 22.5 Å². The first-order valence-corrected chi connectivity index (χ1v) is 13.8. The highest BCUT2D eigenvalue weighted by Gasteiger charge is 2.33. The van der Waals surface area contributed by atoms with Crippen LogP contribution in [0.2, 0.25) is 32.7 Å². The highest BCUT2D eigenvalue weighted by atomic mass is 28.4. The van der Waals surface area contributed by atoms with E-state index in [2.05, 4.69) is 0 Å². The number of nitrogens with zero attached hydrogens (tertiary/aromatic N) is 1. The molecule has 0 spiro atoms. The highest BCUT2D eigenvalue weighted by Crippen LogP contribution is 2.15. The van der Waals surface area contributed by atoms with E-state index in [0.29, 0.717) is 5.56 Å². The van der Waals surface area contributed by atoms with Gasteiger partial charge in [-0.15, -0.1) is 0 Å². The van der Waals surface area contributed by atoms with E-state index >= 15 is 0 Å². The highest BCUT2D eigenvalue weighted by molar-refractivity contribution is 6.76. The summed E-state index contributed by atoms with van der Waals surface area (Å²) in [5, 5.41) is 9.24. The molecule has 0 aliphatic carbocycles. The quantitative estimate of drug-likeness (QED) is 0.807. The largest absolute Gasteiger partial charge is 0.516 e. The van der Waals surface area contributed by atoms with E-state index in [9.17, 15) is 14.7 Å². The first-order valence-electron chi connectivity index (χ1n) is 7.26. The van der Waals surface area contributed by atoms with Gasteiger partial charge in [0.15, 0.2) is 8.24 Å². The smallest absolute Gasteiger partial charge is 0.311 e. The van der Waals surface area contributed by atoms with Crippen molar-refractivity contribution < 1.29 is 19.1 Å². The summed E-state index contributed by atoms with van der Waals surface area (Å²) < 4.78 is 7.01. The minimum atomic E-state index is -2.40. The van der Waals surface area contributed by atoms with Gasteiger partial charge in [-0.25, -0.2) is 0 Å². The van der Waals surface area contributed by atoms with E-state index in [1.54, 1.807) is 41.9 Å². The van der Waals surface area contributed by atoms with Crippen molar-refractivity contribution >= 4 is 28.4 Å². The third kappa shape index (κ3) is 5.39. The number of aliphatic hydroxyl groups is 1. The minimum Gasteiger partial charge on any atom is -0.516 e. The predicted octanol–water partition coefficient (Wildman–Crippen LogP) is 2.24. The van der Waals surface area contributed by atoms with Gasteiger partial charge in [0.2, 0.25) is 5.91 Å². The summed E-state index contributed by atoms with van der Waals surface area (Å²) in [7, 11) is -4.44. The number of carbonyl (C=O) groups excluding carboxylic acids is 2. The van der Waals surface area contributed by atoms with Gasteiger partial charge >= 0.3 is 5.97 Å². The van der Waals surface area contributed by atoms with Crippen LogP contribution in [-0.4, -0.2) is 50.9 Å². The third-order valence-corrected chi connectivity index (χ3v) is 6.66. The van der Waals surface area contributed by atoms with E-state index in [4.69, 9.17) is 4.43 Å². The van der Waals surface area contributed by atoms with Crippen LogP contribution in [0.3, 0.4) is 0 Å². The van der Waals surface area contributed by atoms with Gasteiger partial charge in [-0.1, -0.05) is 37.8 Å². The zero-order valence-electron chi connectivity index (χ0n) is 13.9. The van der Waals surface area contributed by atoms with Gasteiger partial charge in [0.25, 0.3) is 8.32 Å². The number of benzene rings is 1. The summed E-state index contributed by atoms with van der Waals surface area (Å²) in [5.74, 6) is -0.599. The molecule has 22 heavy (non-hydrogen) atoms.